The third-order valence-corrected chi connectivity index (χ3v) is 2.76. The fourth-order valence-electron chi connectivity index (χ4n) is 1.42. The number of ether oxygens (including phenoxy) is 1. The average Bonchev–Trinajstić information content (AvgIpc) is 2.61. The molecule has 2 rings (SSSR count). The van der Waals surface area contributed by atoms with Crippen LogP contribution in [0.1, 0.15) is 50.2 Å². The minimum absolute atomic E-state index is 0.190. The summed E-state index contributed by atoms with van der Waals surface area (Å²) in [5.74, 6) is 1.05. The number of hydrogen-bond acceptors (Lipinski definition) is 4. The largest absolute Gasteiger partial charge is 0.355 e. The van der Waals surface area contributed by atoms with Crippen LogP contribution in [0, 0.1) is 0 Å². The highest BCUT2D eigenvalue weighted by Gasteiger charge is 2.29. The molecule has 1 heterocycles. The molecule has 0 aromatic carbocycles. The topological polar surface area (TPSA) is 48.2 Å². The van der Waals surface area contributed by atoms with E-state index in [1.54, 1.807) is 0 Å². The van der Waals surface area contributed by atoms with E-state index in [-0.39, 0.29) is 18.9 Å². The minimum Gasteiger partial charge on any atom is -0.339 e. The molecule has 90 valence electrons. The van der Waals surface area contributed by atoms with Gasteiger partial charge in [0, 0.05) is 12.3 Å². The van der Waals surface area contributed by atoms with Crippen molar-refractivity contribution in [2.75, 3.05) is 0 Å². The monoisotopic (exact) mass is 232 g/mol. The van der Waals surface area contributed by atoms with Gasteiger partial charge >= 0.3 is 6.11 Å². The molecule has 0 saturated heterocycles. The van der Waals surface area contributed by atoms with E-state index in [0.717, 1.165) is 19.3 Å². The lowest BCUT2D eigenvalue weighted by atomic mass is 9.85. The second-order valence-electron chi connectivity index (χ2n) is 3.96. The van der Waals surface area contributed by atoms with Crippen molar-refractivity contribution in [2.45, 2.75) is 51.2 Å². The number of alkyl halides is 2. The Bertz CT molecular complexity index is 350. The average molecular weight is 232 g/mol. The van der Waals surface area contributed by atoms with Crippen LogP contribution >= 0.6 is 0 Å². The SMILES string of the molecule is CCC(F)(F)OCc1noc(C2CCC2)n1. The summed E-state index contributed by atoms with van der Waals surface area (Å²) in [5.41, 5.74) is 0. The molecule has 1 aromatic rings. The van der Waals surface area contributed by atoms with Gasteiger partial charge in [0.1, 0.15) is 6.61 Å². The van der Waals surface area contributed by atoms with Gasteiger partial charge in [-0.3, -0.25) is 0 Å². The molecule has 4 nitrogen and oxygen atoms in total. The molecule has 0 atom stereocenters. The van der Waals surface area contributed by atoms with Gasteiger partial charge in [0.25, 0.3) is 0 Å². The second kappa shape index (κ2) is 4.45. The fraction of sp³-hybridized carbons (Fsp3) is 0.800. The summed E-state index contributed by atoms with van der Waals surface area (Å²) in [6.45, 7) is 1.05. The standard InChI is InChI=1S/C10H14F2N2O2/c1-2-10(11,12)15-6-8-13-9(16-14-8)7-4-3-5-7/h7H,2-6H2,1H3. The van der Waals surface area contributed by atoms with Gasteiger partial charge in [0.15, 0.2) is 5.82 Å². The van der Waals surface area contributed by atoms with Crippen molar-refractivity contribution in [1.29, 1.82) is 0 Å². The van der Waals surface area contributed by atoms with Crippen LogP contribution in [0.3, 0.4) is 0 Å². The molecule has 1 aliphatic rings. The number of aromatic nitrogens is 2. The molecule has 6 heteroatoms. The van der Waals surface area contributed by atoms with Gasteiger partial charge in [-0.1, -0.05) is 18.5 Å². The van der Waals surface area contributed by atoms with Crippen LogP contribution in [0.2, 0.25) is 0 Å². The zero-order valence-corrected chi connectivity index (χ0v) is 9.08. The van der Waals surface area contributed by atoms with Crippen molar-refractivity contribution < 1.29 is 18.0 Å². The predicted molar refractivity (Wildman–Crippen MR) is 50.9 cm³/mol. The Kier molecular flexibility index (Phi) is 3.18. The molecule has 0 radical (unpaired) electrons. The lowest BCUT2D eigenvalue weighted by Crippen LogP contribution is -2.19. The van der Waals surface area contributed by atoms with Crippen molar-refractivity contribution in [1.82, 2.24) is 10.1 Å². The molecular formula is C10H14F2N2O2. The maximum absolute atomic E-state index is 12.8. The molecule has 0 bridgehead atoms. The van der Waals surface area contributed by atoms with Crippen molar-refractivity contribution in [3.63, 3.8) is 0 Å². The van der Waals surface area contributed by atoms with Crippen LogP contribution in [-0.2, 0) is 11.3 Å². The molecule has 0 spiro atoms. The Morgan fingerprint density at radius 1 is 1.50 bits per heavy atom. The summed E-state index contributed by atoms with van der Waals surface area (Å²) in [6, 6.07) is 0. The van der Waals surface area contributed by atoms with Gasteiger partial charge in [0.05, 0.1) is 0 Å². The Morgan fingerprint density at radius 3 is 2.81 bits per heavy atom. The van der Waals surface area contributed by atoms with Gasteiger partial charge in [-0.25, -0.2) is 0 Å². The number of nitrogens with zero attached hydrogens (tertiary/aromatic N) is 2. The first-order valence-corrected chi connectivity index (χ1v) is 5.45. The Hall–Kier alpha value is -1.04. The zero-order valence-electron chi connectivity index (χ0n) is 9.08. The Labute approximate surface area is 92.0 Å². The van der Waals surface area contributed by atoms with E-state index >= 15 is 0 Å². The Morgan fingerprint density at radius 2 is 2.25 bits per heavy atom. The quantitative estimate of drug-likeness (QED) is 0.783. The molecule has 0 N–H and O–H groups in total. The molecule has 0 amide bonds. The van der Waals surface area contributed by atoms with Crippen LogP contribution in [0.4, 0.5) is 8.78 Å². The van der Waals surface area contributed by atoms with Crippen molar-refractivity contribution >= 4 is 0 Å². The van der Waals surface area contributed by atoms with Crippen LogP contribution in [-0.4, -0.2) is 16.2 Å². The maximum Gasteiger partial charge on any atom is 0.355 e. The summed E-state index contributed by atoms with van der Waals surface area (Å²) in [6.07, 6.45) is -0.244. The molecule has 1 aromatic heterocycles. The van der Waals surface area contributed by atoms with Crippen LogP contribution in [0.25, 0.3) is 0 Å². The van der Waals surface area contributed by atoms with E-state index in [1.165, 1.54) is 6.92 Å². The van der Waals surface area contributed by atoms with Gasteiger partial charge < -0.3 is 9.26 Å². The third-order valence-electron chi connectivity index (χ3n) is 2.76. The minimum atomic E-state index is -3.11. The molecule has 0 aliphatic heterocycles. The van der Waals surface area contributed by atoms with E-state index in [0.29, 0.717) is 11.8 Å². The molecule has 1 fully saturated rings. The van der Waals surface area contributed by atoms with Crippen molar-refractivity contribution in [2.24, 2.45) is 0 Å². The summed E-state index contributed by atoms with van der Waals surface area (Å²) >= 11 is 0. The molecule has 1 saturated carbocycles. The molecule has 16 heavy (non-hydrogen) atoms. The van der Waals surface area contributed by atoms with Crippen molar-refractivity contribution in [3.05, 3.63) is 11.7 Å². The Balaban J connectivity index is 1.87. The fourth-order valence-corrected chi connectivity index (χ4v) is 1.42. The summed E-state index contributed by atoms with van der Waals surface area (Å²) in [5, 5.41) is 3.61. The van der Waals surface area contributed by atoms with E-state index < -0.39 is 6.11 Å². The highest BCUT2D eigenvalue weighted by molar-refractivity contribution is 4.97. The molecule has 1 aliphatic carbocycles. The zero-order chi connectivity index (χ0) is 11.6. The first kappa shape index (κ1) is 11.4. The number of hydrogen-bond donors (Lipinski definition) is 0. The summed E-state index contributed by atoms with van der Waals surface area (Å²) < 4.78 is 34.9. The van der Waals surface area contributed by atoms with Crippen LogP contribution < -0.4 is 0 Å². The van der Waals surface area contributed by atoms with Gasteiger partial charge in [0.2, 0.25) is 5.89 Å². The smallest absolute Gasteiger partial charge is 0.339 e. The van der Waals surface area contributed by atoms with Gasteiger partial charge in [-0.05, 0) is 12.8 Å². The van der Waals surface area contributed by atoms with Gasteiger partial charge in [-0.15, -0.1) is 0 Å². The van der Waals surface area contributed by atoms with E-state index in [2.05, 4.69) is 14.9 Å². The summed E-state index contributed by atoms with van der Waals surface area (Å²) in [7, 11) is 0. The first-order chi connectivity index (χ1) is 7.61. The predicted octanol–water partition coefficient (Wildman–Crippen LogP) is 2.86. The summed E-state index contributed by atoms with van der Waals surface area (Å²) in [4.78, 5) is 4.03. The molecular weight excluding hydrogens is 218 g/mol. The lowest BCUT2D eigenvalue weighted by Gasteiger charge is -2.20. The van der Waals surface area contributed by atoms with Crippen molar-refractivity contribution in [3.8, 4) is 0 Å². The number of rotatable bonds is 5. The normalized spacial score (nSPS) is 17.4. The highest BCUT2D eigenvalue weighted by atomic mass is 19.3. The first-order valence-electron chi connectivity index (χ1n) is 5.45. The lowest BCUT2D eigenvalue weighted by molar-refractivity contribution is -0.247. The molecule has 0 unspecified atom stereocenters. The van der Waals surface area contributed by atoms with Crippen LogP contribution in [0.5, 0.6) is 0 Å². The van der Waals surface area contributed by atoms with E-state index in [4.69, 9.17) is 4.52 Å². The third kappa shape index (κ3) is 2.55. The van der Waals surface area contributed by atoms with E-state index in [9.17, 15) is 8.78 Å². The highest BCUT2D eigenvalue weighted by Crippen LogP contribution is 2.35. The van der Waals surface area contributed by atoms with Crippen LogP contribution in [0.15, 0.2) is 4.52 Å². The second-order valence-corrected chi connectivity index (χ2v) is 3.96. The number of halogens is 2. The maximum atomic E-state index is 12.8. The van der Waals surface area contributed by atoms with Gasteiger partial charge in [-0.2, -0.15) is 13.8 Å². The van der Waals surface area contributed by atoms with E-state index in [1.807, 2.05) is 0 Å².